The molecule has 0 saturated heterocycles. The number of aromatic nitrogens is 3. The number of carbonyl (C=O) groups excluding carboxylic acids is 1. The van der Waals surface area contributed by atoms with Crippen molar-refractivity contribution >= 4 is 28.3 Å². The lowest BCUT2D eigenvalue weighted by Gasteiger charge is -2.21. The number of carbonyl (C=O) groups is 1. The van der Waals surface area contributed by atoms with Crippen molar-refractivity contribution < 1.29 is 4.79 Å². The summed E-state index contributed by atoms with van der Waals surface area (Å²) < 4.78 is 3.18. The minimum atomic E-state index is -0.719. The summed E-state index contributed by atoms with van der Waals surface area (Å²) in [6.45, 7) is 0.633. The van der Waals surface area contributed by atoms with E-state index in [0.717, 1.165) is 22.0 Å². The van der Waals surface area contributed by atoms with Gasteiger partial charge in [-0.05, 0) is 23.3 Å². The second-order valence-electron chi connectivity index (χ2n) is 8.59. The normalized spacial score (nSPS) is 11.0. The molecule has 0 unspecified atom stereocenters. The standard InChI is InChI=1S/C28H25N5O3/c1-31(24-25(29)33(28(36)30-26(24)34)18-20-12-6-3-7-13-20)27(35)23-16-21-14-8-9-15-22(21)32(23)17-19-10-4-2-5-11-19/h2-16H,17-18,29H2,1H3,(H,30,34,36). The summed E-state index contributed by atoms with van der Waals surface area (Å²) in [5.74, 6) is -0.488. The number of benzene rings is 3. The van der Waals surface area contributed by atoms with Crippen molar-refractivity contribution in [3.8, 4) is 0 Å². The van der Waals surface area contributed by atoms with Crippen LogP contribution in [0.25, 0.3) is 10.9 Å². The van der Waals surface area contributed by atoms with E-state index in [1.54, 1.807) is 0 Å². The van der Waals surface area contributed by atoms with E-state index in [4.69, 9.17) is 5.73 Å². The van der Waals surface area contributed by atoms with Crippen LogP contribution in [0.3, 0.4) is 0 Å². The Kier molecular flexibility index (Phi) is 6.00. The Morgan fingerprint density at radius 2 is 1.39 bits per heavy atom. The van der Waals surface area contributed by atoms with Gasteiger partial charge in [0.15, 0.2) is 5.69 Å². The number of para-hydroxylation sites is 1. The summed E-state index contributed by atoms with van der Waals surface area (Å²) in [5.41, 5.74) is 8.07. The fourth-order valence-corrected chi connectivity index (χ4v) is 4.42. The number of nitrogens with one attached hydrogen (secondary N) is 1. The molecule has 8 heteroatoms. The van der Waals surface area contributed by atoms with Gasteiger partial charge in [0.25, 0.3) is 11.5 Å². The molecular formula is C28H25N5O3. The Labute approximate surface area is 206 Å². The predicted octanol–water partition coefficient (Wildman–Crippen LogP) is 3.45. The molecule has 0 aliphatic rings. The number of nitrogen functional groups attached to an aromatic ring is 1. The smallest absolute Gasteiger partial charge is 0.330 e. The summed E-state index contributed by atoms with van der Waals surface area (Å²) in [7, 11) is 1.49. The van der Waals surface area contributed by atoms with Gasteiger partial charge in [-0.2, -0.15) is 0 Å². The van der Waals surface area contributed by atoms with Crippen LogP contribution in [-0.4, -0.2) is 27.1 Å². The number of nitrogens with two attached hydrogens (primary N) is 1. The Hall–Kier alpha value is -4.85. The zero-order valence-corrected chi connectivity index (χ0v) is 19.7. The van der Waals surface area contributed by atoms with Gasteiger partial charge in [-0.1, -0.05) is 78.9 Å². The van der Waals surface area contributed by atoms with E-state index in [0.29, 0.717) is 12.2 Å². The number of anilines is 2. The van der Waals surface area contributed by atoms with Crippen molar-refractivity contribution in [2.75, 3.05) is 17.7 Å². The Morgan fingerprint density at radius 1 is 0.833 bits per heavy atom. The number of aromatic amines is 1. The minimum Gasteiger partial charge on any atom is -0.383 e. The summed E-state index contributed by atoms with van der Waals surface area (Å²) in [5, 5.41) is 0.904. The molecule has 0 spiro atoms. The van der Waals surface area contributed by atoms with Gasteiger partial charge < -0.3 is 15.2 Å². The first kappa shape index (κ1) is 22.9. The monoisotopic (exact) mass is 479 g/mol. The molecule has 0 saturated carbocycles. The predicted molar refractivity (Wildman–Crippen MR) is 141 cm³/mol. The summed E-state index contributed by atoms with van der Waals surface area (Å²) in [4.78, 5) is 42.7. The molecule has 1 amide bonds. The van der Waals surface area contributed by atoms with Crippen LogP contribution in [0.2, 0.25) is 0 Å². The number of rotatable bonds is 6. The quantitative estimate of drug-likeness (QED) is 0.389. The number of fused-ring (bicyclic) bond motifs is 1. The first-order valence-electron chi connectivity index (χ1n) is 11.5. The van der Waals surface area contributed by atoms with Gasteiger partial charge in [0.2, 0.25) is 0 Å². The third kappa shape index (κ3) is 4.20. The van der Waals surface area contributed by atoms with Gasteiger partial charge in [0.05, 0.1) is 6.54 Å². The highest BCUT2D eigenvalue weighted by Crippen LogP contribution is 2.25. The van der Waals surface area contributed by atoms with E-state index >= 15 is 0 Å². The van der Waals surface area contributed by atoms with Gasteiger partial charge in [-0.15, -0.1) is 0 Å². The maximum Gasteiger partial charge on any atom is 0.330 e. The molecule has 3 N–H and O–H groups in total. The Balaban J connectivity index is 1.58. The van der Waals surface area contributed by atoms with E-state index < -0.39 is 17.2 Å². The second kappa shape index (κ2) is 9.42. The van der Waals surface area contributed by atoms with Gasteiger partial charge in [0.1, 0.15) is 11.5 Å². The number of hydrogen-bond donors (Lipinski definition) is 2. The number of amides is 1. The number of hydrogen-bond acceptors (Lipinski definition) is 4. The van der Waals surface area contributed by atoms with E-state index in [9.17, 15) is 14.4 Å². The molecule has 2 aromatic heterocycles. The third-order valence-electron chi connectivity index (χ3n) is 6.25. The van der Waals surface area contributed by atoms with Gasteiger partial charge in [-0.25, -0.2) is 4.79 Å². The van der Waals surface area contributed by atoms with E-state index in [1.807, 2.05) is 95.6 Å². The van der Waals surface area contributed by atoms with E-state index in [-0.39, 0.29) is 18.1 Å². The lowest BCUT2D eigenvalue weighted by atomic mass is 10.2. The molecule has 0 aliphatic carbocycles. The zero-order chi connectivity index (χ0) is 25.2. The summed E-state index contributed by atoms with van der Waals surface area (Å²) >= 11 is 0. The maximum atomic E-state index is 13.8. The van der Waals surface area contributed by atoms with Gasteiger partial charge in [-0.3, -0.25) is 19.1 Å². The van der Waals surface area contributed by atoms with E-state index in [2.05, 4.69) is 4.98 Å². The van der Waals surface area contributed by atoms with Crippen LogP contribution < -0.4 is 21.9 Å². The van der Waals surface area contributed by atoms with Crippen LogP contribution >= 0.6 is 0 Å². The number of H-pyrrole nitrogens is 1. The van der Waals surface area contributed by atoms with Crippen LogP contribution in [0.1, 0.15) is 21.6 Å². The zero-order valence-electron chi connectivity index (χ0n) is 19.7. The summed E-state index contributed by atoms with van der Waals surface area (Å²) in [6.07, 6.45) is 0. The molecule has 0 fully saturated rings. The molecule has 0 radical (unpaired) electrons. The maximum absolute atomic E-state index is 13.8. The Morgan fingerprint density at radius 3 is 2.03 bits per heavy atom. The fourth-order valence-electron chi connectivity index (χ4n) is 4.42. The van der Waals surface area contributed by atoms with Crippen LogP contribution in [-0.2, 0) is 13.1 Å². The molecule has 36 heavy (non-hydrogen) atoms. The average Bonchev–Trinajstić information content (AvgIpc) is 3.25. The molecule has 5 aromatic rings. The molecular weight excluding hydrogens is 454 g/mol. The molecule has 0 atom stereocenters. The largest absolute Gasteiger partial charge is 0.383 e. The average molecular weight is 480 g/mol. The fraction of sp³-hybridized carbons (Fsp3) is 0.107. The highest BCUT2D eigenvalue weighted by molar-refractivity contribution is 6.08. The van der Waals surface area contributed by atoms with Crippen molar-refractivity contribution in [3.63, 3.8) is 0 Å². The van der Waals surface area contributed by atoms with Crippen LogP contribution in [0.4, 0.5) is 11.5 Å². The molecule has 5 rings (SSSR count). The lowest BCUT2D eigenvalue weighted by molar-refractivity contribution is 0.0984. The van der Waals surface area contributed by atoms with Crippen molar-refractivity contribution in [2.45, 2.75) is 13.1 Å². The SMILES string of the molecule is CN(C(=O)c1cc2ccccc2n1Cc1ccccc1)c1c(N)n(Cc2ccccc2)c(=O)[nH]c1=O. The second-order valence-corrected chi connectivity index (χ2v) is 8.59. The molecule has 0 bridgehead atoms. The summed E-state index contributed by atoms with van der Waals surface area (Å²) in [6, 6.07) is 28.6. The van der Waals surface area contributed by atoms with Crippen molar-refractivity contribution in [3.05, 3.63) is 129 Å². The van der Waals surface area contributed by atoms with Crippen molar-refractivity contribution in [1.29, 1.82) is 0 Å². The minimum absolute atomic E-state index is 0.0748. The lowest BCUT2D eigenvalue weighted by Crippen LogP contribution is -2.40. The van der Waals surface area contributed by atoms with Crippen LogP contribution in [0.5, 0.6) is 0 Å². The molecule has 0 aliphatic heterocycles. The van der Waals surface area contributed by atoms with Crippen molar-refractivity contribution in [1.82, 2.24) is 14.1 Å². The van der Waals surface area contributed by atoms with Crippen LogP contribution in [0.15, 0.2) is 101 Å². The van der Waals surface area contributed by atoms with Crippen molar-refractivity contribution in [2.24, 2.45) is 0 Å². The van der Waals surface area contributed by atoms with E-state index in [1.165, 1.54) is 16.5 Å². The number of nitrogens with zero attached hydrogens (tertiary/aromatic N) is 3. The van der Waals surface area contributed by atoms with Crippen LogP contribution in [0, 0.1) is 0 Å². The topological polar surface area (TPSA) is 106 Å². The van der Waals surface area contributed by atoms with Gasteiger partial charge >= 0.3 is 5.69 Å². The van der Waals surface area contributed by atoms with Gasteiger partial charge in [0, 0.05) is 24.5 Å². The first-order valence-corrected chi connectivity index (χ1v) is 11.5. The molecule has 3 aromatic carbocycles. The highest BCUT2D eigenvalue weighted by Gasteiger charge is 2.25. The third-order valence-corrected chi connectivity index (χ3v) is 6.25. The Bertz CT molecular complexity index is 1670. The molecule has 8 nitrogen and oxygen atoms in total. The first-order chi connectivity index (χ1) is 17.4. The molecule has 180 valence electrons. The molecule has 2 heterocycles. The highest BCUT2D eigenvalue weighted by atomic mass is 16.2.